The number of ether oxygens (including phenoxy) is 2. The van der Waals surface area contributed by atoms with Gasteiger partial charge in [0.25, 0.3) is 0 Å². The third kappa shape index (κ3) is 2.07. The van der Waals surface area contributed by atoms with Crippen LogP contribution >= 0.6 is 22.6 Å². The number of hydrogen-bond donors (Lipinski definition) is 0. The predicted octanol–water partition coefficient (Wildman–Crippen LogP) is 3.98. The number of hydrogen-bond acceptors (Lipinski definition) is 2. The fraction of sp³-hybridized carbons (Fsp3) is 0.200. The molecule has 0 radical (unpaired) electrons. The predicted molar refractivity (Wildman–Crippen MR) is 79.2 cm³/mol. The van der Waals surface area contributed by atoms with Crippen LogP contribution < -0.4 is 9.47 Å². The number of fused-ring (bicyclic) bond motifs is 1. The van der Waals surface area contributed by atoms with Crippen LogP contribution in [0.25, 0.3) is 0 Å². The zero-order valence-corrected chi connectivity index (χ0v) is 12.2. The number of methoxy groups -OCH3 is 1. The van der Waals surface area contributed by atoms with Crippen LogP contribution in [0.3, 0.4) is 0 Å². The summed E-state index contributed by atoms with van der Waals surface area (Å²) >= 11 is 2.31. The van der Waals surface area contributed by atoms with Gasteiger partial charge in [-0.3, -0.25) is 0 Å². The van der Waals surface area contributed by atoms with E-state index < -0.39 is 0 Å². The second-order valence-corrected chi connectivity index (χ2v) is 5.56. The molecule has 0 saturated carbocycles. The van der Waals surface area contributed by atoms with Gasteiger partial charge in [-0.25, -0.2) is 0 Å². The fourth-order valence-electron chi connectivity index (χ4n) is 2.30. The molecule has 0 bridgehead atoms. The second-order valence-electron chi connectivity index (χ2n) is 4.32. The Morgan fingerprint density at radius 3 is 2.72 bits per heavy atom. The molecule has 3 heteroatoms. The van der Waals surface area contributed by atoms with Gasteiger partial charge in [-0.1, -0.05) is 30.3 Å². The van der Waals surface area contributed by atoms with Gasteiger partial charge in [0, 0.05) is 15.6 Å². The molecule has 2 aromatic carbocycles. The molecule has 0 spiro atoms. The van der Waals surface area contributed by atoms with Crippen LogP contribution in [0.4, 0.5) is 0 Å². The monoisotopic (exact) mass is 352 g/mol. The molecule has 92 valence electrons. The Kier molecular flexibility index (Phi) is 3.16. The lowest BCUT2D eigenvalue weighted by Gasteiger charge is -2.12. The first-order chi connectivity index (χ1) is 8.78. The van der Waals surface area contributed by atoms with Crippen LogP contribution in [-0.4, -0.2) is 7.11 Å². The van der Waals surface area contributed by atoms with Crippen LogP contribution in [0.1, 0.15) is 17.2 Å². The first-order valence-corrected chi connectivity index (χ1v) is 6.94. The molecule has 0 saturated heterocycles. The summed E-state index contributed by atoms with van der Waals surface area (Å²) in [4.78, 5) is 0. The number of halogens is 1. The molecule has 1 unspecified atom stereocenters. The Morgan fingerprint density at radius 1 is 1.22 bits per heavy atom. The van der Waals surface area contributed by atoms with Crippen molar-refractivity contribution >= 4 is 22.6 Å². The Balaban J connectivity index is 1.96. The van der Waals surface area contributed by atoms with Crippen LogP contribution in [0.15, 0.2) is 42.5 Å². The molecule has 1 heterocycles. The van der Waals surface area contributed by atoms with Crippen molar-refractivity contribution in [2.45, 2.75) is 12.5 Å². The van der Waals surface area contributed by atoms with Crippen molar-refractivity contribution < 1.29 is 9.47 Å². The van der Waals surface area contributed by atoms with Crippen molar-refractivity contribution in [2.24, 2.45) is 0 Å². The van der Waals surface area contributed by atoms with E-state index in [0.29, 0.717) is 0 Å². The minimum Gasteiger partial charge on any atom is -0.493 e. The van der Waals surface area contributed by atoms with Gasteiger partial charge in [-0.05, 0) is 40.3 Å². The summed E-state index contributed by atoms with van der Waals surface area (Å²) in [5, 5.41) is 0. The highest BCUT2D eigenvalue weighted by Crippen LogP contribution is 2.43. The van der Waals surface area contributed by atoms with Crippen molar-refractivity contribution in [3.63, 3.8) is 0 Å². The van der Waals surface area contributed by atoms with E-state index in [9.17, 15) is 0 Å². The van der Waals surface area contributed by atoms with Crippen LogP contribution in [0, 0.1) is 3.57 Å². The minimum atomic E-state index is 0.105. The first kappa shape index (κ1) is 11.8. The van der Waals surface area contributed by atoms with Crippen molar-refractivity contribution in [1.29, 1.82) is 0 Å². The van der Waals surface area contributed by atoms with E-state index >= 15 is 0 Å². The van der Waals surface area contributed by atoms with E-state index in [-0.39, 0.29) is 6.10 Å². The highest BCUT2D eigenvalue weighted by Gasteiger charge is 2.27. The molecule has 0 N–H and O–H groups in total. The van der Waals surface area contributed by atoms with E-state index in [1.54, 1.807) is 7.11 Å². The molecule has 0 amide bonds. The van der Waals surface area contributed by atoms with Gasteiger partial charge in [-0.2, -0.15) is 0 Å². The van der Waals surface area contributed by atoms with E-state index in [1.165, 1.54) is 14.7 Å². The molecule has 1 aliphatic heterocycles. The molecule has 18 heavy (non-hydrogen) atoms. The van der Waals surface area contributed by atoms with Gasteiger partial charge >= 0.3 is 0 Å². The normalized spacial score (nSPS) is 17.1. The number of rotatable bonds is 2. The second kappa shape index (κ2) is 4.80. The smallest absolute Gasteiger partial charge is 0.165 e. The molecule has 0 aromatic heterocycles. The van der Waals surface area contributed by atoms with Crippen LogP contribution in [-0.2, 0) is 6.42 Å². The average molecular weight is 352 g/mol. The highest BCUT2D eigenvalue weighted by molar-refractivity contribution is 14.1. The SMILES string of the molecule is COc1cc(I)cc2c1OC(c1ccccc1)C2. The fourth-order valence-corrected chi connectivity index (χ4v) is 2.96. The molecule has 1 aliphatic rings. The molecule has 0 aliphatic carbocycles. The van der Waals surface area contributed by atoms with E-state index in [4.69, 9.17) is 9.47 Å². The maximum absolute atomic E-state index is 6.04. The van der Waals surface area contributed by atoms with Crippen molar-refractivity contribution in [3.8, 4) is 11.5 Å². The molecular weight excluding hydrogens is 339 g/mol. The van der Waals surface area contributed by atoms with Gasteiger partial charge in [0.1, 0.15) is 6.10 Å². The maximum atomic E-state index is 6.04. The summed E-state index contributed by atoms with van der Waals surface area (Å²) < 4.78 is 12.6. The Morgan fingerprint density at radius 2 is 2.00 bits per heavy atom. The third-order valence-electron chi connectivity index (χ3n) is 3.15. The lowest BCUT2D eigenvalue weighted by atomic mass is 10.0. The van der Waals surface area contributed by atoms with Gasteiger partial charge in [-0.15, -0.1) is 0 Å². The summed E-state index contributed by atoms with van der Waals surface area (Å²) in [5.74, 6) is 1.72. The standard InChI is InChI=1S/C15H13IO2/c1-17-14-9-12(16)7-11-8-13(18-15(11)14)10-5-3-2-4-6-10/h2-7,9,13H,8H2,1H3. The summed E-state index contributed by atoms with van der Waals surface area (Å²) in [6.45, 7) is 0. The number of benzene rings is 2. The average Bonchev–Trinajstić information content (AvgIpc) is 2.82. The lowest BCUT2D eigenvalue weighted by Crippen LogP contribution is -2.02. The maximum Gasteiger partial charge on any atom is 0.165 e. The van der Waals surface area contributed by atoms with Gasteiger partial charge in [0.2, 0.25) is 0 Å². The van der Waals surface area contributed by atoms with Gasteiger partial charge in [0.15, 0.2) is 11.5 Å². The van der Waals surface area contributed by atoms with Crippen LogP contribution in [0.2, 0.25) is 0 Å². The quantitative estimate of drug-likeness (QED) is 0.762. The summed E-state index contributed by atoms with van der Waals surface area (Å²) in [7, 11) is 1.69. The minimum absolute atomic E-state index is 0.105. The molecular formula is C15H13IO2. The molecule has 2 nitrogen and oxygen atoms in total. The Hall–Kier alpha value is -1.23. The molecule has 2 aromatic rings. The van der Waals surface area contributed by atoms with E-state index in [0.717, 1.165) is 17.9 Å². The largest absolute Gasteiger partial charge is 0.493 e. The summed E-state index contributed by atoms with van der Waals surface area (Å²) in [6, 6.07) is 14.5. The van der Waals surface area contributed by atoms with Gasteiger partial charge in [0.05, 0.1) is 7.11 Å². The van der Waals surface area contributed by atoms with E-state index in [1.807, 2.05) is 24.3 Å². The van der Waals surface area contributed by atoms with E-state index in [2.05, 4.69) is 40.8 Å². The van der Waals surface area contributed by atoms with Crippen molar-refractivity contribution in [1.82, 2.24) is 0 Å². The van der Waals surface area contributed by atoms with Crippen LogP contribution in [0.5, 0.6) is 11.5 Å². The summed E-state index contributed by atoms with van der Waals surface area (Å²) in [6.07, 6.45) is 1.01. The van der Waals surface area contributed by atoms with Crippen molar-refractivity contribution in [3.05, 3.63) is 57.2 Å². The third-order valence-corrected chi connectivity index (χ3v) is 3.78. The Labute approximate surface area is 120 Å². The summed E-state index contributed by atoms with van der Waals surface area (Å²) in [5.41, 5.74) is 2.44. The molecule has 3 rings (SSSR count). The van der Waals surface area contributed by atoms with Gasteiger partial charge < -0.3 is 9.47 Å². The lowest BCUT2D eigenvalue weighted by molar-refractivity contribution is 0.228. The molecule has 0 fully saturated rings. The highest BCUT2D eigenvalue weighted by atomic mass is 127. The van der Waals surface area contributed by atoms with Crippen molar-refractivity contribution in [2.75, 3.05) is 7.11 Å². The molecule has 1 atom stereocenters. The topological polar surface area (TPSA) is 18.5 Å². The first-order valence-electron chi connectivity index (χ1n) is 5.86. The zero-order chi connectivity index (χ0) is 12.5. The Bertz CT molecular complexity index is 566. The zero-order valence-electron chi connectivity index (χ0n) is 10.0.